The van der Waals surface area contributed by atoms with Crippen LogP contribution in [0.25, 0.3) is 22.3 Å². The van der Waals surface area contributed by atoms with E-state index in [1.54, 1.807) is 50.2 Å². The predicted octanol–water partition coefficient (Wildman–Crippen LogP) is 6.99. The molecule has 4 aromatic rings. The first-order valence-electron chi connectivity index (χ1n) is 12.7. The fraction of sp³-hybridized carbons (Fsp3) is 0.156. The number of nitrogens with zero attached hydrogens (tertiary/aromatic N) is 1. The molecule has 5 rings (SSSR count). The van der Waals surface area contributed by atoms with Gasteiger partial charge in [-0.3, -0.25) is 9.59 Å². The zero-order valence-corrected chi connectivity index (χ0v) is 22.3. The summed E-state index contributed by atoms with van der Waals surface area (Å²) in [5, 5.41) is 13.0. The molecule has 1 heterocycles. The van der Waals surface area contributed by atoms with Gasteiger partial charge < -0.3 is 15.3 Å². The summed E-state index contributed by atoms with van der Waals surface area (Å²) in [6.45, 7) is 3.84. The van der Waals surface area contributed by atoms with Crippen LogP contribution in [0.15, 0.2) is 91.0 Å². The highest BCUT2D eigenvalue weighted by Crippen LogP contribution is 2.35. The Hall–Kier alpha value is -4.42. The number of carbonyl (C=O) groups is 3. The Morgan fingerprint density at radius 2 is 1.51 bits per heavy atom. The lowest BCUT2D eigenvalue weighted by atomic mass is 10.00. The number of rotatable bonds is 7. The molecule has 7 heteroatoms. The smallest absolute Gasteiger partial charge is 0.326 e. The van der Waals surface area contributed by atoms with Gasteiger partial charge in [0.1, 0.15) is 6.04 Å². The normalized spacial score (nSPS) is 13.3. The van der Waals surface area contributed by atoms with Gasteiger partial charge in [0.2, 0.25) is 0 Å². The summed E-state index contributed by atoms with van der Waals surface area (Å²) in [5.74, 6) is -1.79. The highest BCUT2D eigenvalue weighted by atomic mass is 35.5. The van der Waals surface area contributed by atoms with Gasteiger partial charge in [0, 0.05) is 28.9 Å². The van der Waals surface area contributed by atoms with Gasteiger partial charge >= 0.3 is 5.97 Å². The fourth-order valence-electron chi connectivity index (χ4n) is 4.97. The monoisotopic (exact) mass is 538 g/mol. The van der Waals surface area contributed by atoms with Crippen LogP contribution in [0.1, 0.15) is 40.1 Å². The first kappa shape index (κ1) is 26.2. The fourth-order valence-corrected chi connectivity index (χ4v) is 5.26. The highest BCUT2D eigenvalue weighted by Gasteiger charge is 2.38. The number of halogens is 1. The lowest BCUT2D eigenvalue weighted by Crippen LogP contribution is -2.44. The topological polar surface area (TPSA) is 86.7 Å². The summed E-state index contributed by atoms with van der Waals surface area (Å²) in [7, 11) is 0. The third kappa shape index (κ3) is 5.29. The van der Waals surface area contributed by atoms with E-state index in [1.165, 1.54) is 4.90 Å². The average molecular weight is 539 g/mol. The lowest BCUT2D eigenvalue weighted by molar-refractivity contribution is -0.144. The quantitative estimate of drug-likeness (QED) is 0.265. The van der Waals surface area contributed by atoms with Crippen LogP contribution in [0.5, 0.6) is 0 Å². The van der Waals surface area contributed by atoms with Crippen LogP contribution < -0.4 is 5.32 Å². The second-order valence-electron chi connectivity index (χ2n) is 9.92. The van der Waals surface area contributed by atoms with E-state index in [0.717, 1.165) is 22.3 Å². The molecule has 0 aromatic heterocycles. The zero-order chi connectivity index (χ0) is 27.7. The van der Waals surface area contributed by atoms with E-state index in [4.69, 9.17) is 11.6 Å². The van der Waals surface area contributed by atoms with E-state index in [9.17, 15) is 19.5 Å². The van der Waals surface area contributed by atoms with Gasteiger partial charge in [-0.05, 0) is 58.5 Å². The van der Waals surface area contributed by atoms with Crippen molar-refractivity contribution in [3.8, 4) is 22.3 Å². The molecule has 196 valence electrons. The summed E-state index contributed by atoms with van der Waals surface area (Å²) in [4.78, 5) is 39.1. The Balaban J connectivity index is 1.32. The molecule has 0 aliphatic carbocycles. The van der Waals surface area contributed by atoms with Crippen LogP contribution in [-0.4, -0.2) is 33.8 Å². The Bertz CT molecular complexity index is 1570. The molecule has 0 spiro atoms. The Labute approximate surface area is 231 Å². The number of hydrogen-bond donors (Lipinski definition) is 2. The molecule has 0 saturated carbocycles. The third-order valence-electron chi connectivity index (χ3n) is 6.95. The summed E-state index contributed by atoms with van der Waals surface area (Å²) in [6, 6.07) is 27.1. The van der Waals surface area contributed by atoms with Crippen LogP contribution in [0.3, 0.4) is 0 Å². The van der Waals surface area contributed by atoms with Gasteiger partial charge in [0.25, 0.3) is 11.8 Å². The maximum Gasteiger partial charge on any atom is 0.326 e. The van der Waals surface area contributed by atoms with Crippen LogP contribution in [-0.2, 0) is 11.3 Å². The number of fused-ring (bicyclic) bond motifs is 1. The average Bonchev–Trinajstić information content (AvgIpc) is 3.24. The standard InChI is InChI=1S/C32H27ClN2O4/c1-19(2)29(32(38)39)35-18-24-13-12-23(16-27(24)31(35)37)26-15-14-25(17-28(26)33)34-30(36)22-10-8-21(9-11-22)20-6-4-3-5-7-20/h3-17,19,29H,18H2,1-2H3,(H,34,36)(H,38,39)/t29-/m0/s1. The largest absolute Gasteiger partial charge is 0.480 e. The highest BCUT2D eigenvalue weighted by molar-refractivity contribution is 6.33. The van der Waals surface area contributed by atoms with Crippen LogP contribution in [0, 0.1) is 5.92 Å². The predicted molar refractivity (Wildman–Crippen MR) is 153 cm³/mol. The Morgan fingerprint density at radius 1 is 0.846 bits per heavy atom. The molecule has 6 nitrogen and oxygen atoms in total. The minimum Gasteiger partial charge on any atom is -0.480 e. The molecule has 0 unspecified atom stereocenters. The molecule has 1 aliphatic rings. The van der Waals surface area contributed by atoms with Crippen LogP contribution >= 0.6 is 11.6 Å². The minimum atomic E-state index is -1.01. The molecule has 2 amide bonds. The molecule has 0 saturated heterocycles. The van der Waals surface area contributed by atoms with Gasteiger partial charge in [-0.15, -0.1) is 0 Å². The SMILES string of the molecule is CC(C)[C@@H](C(=O)O)N1Cc2ccc(-c3ccc(NC(=O)c4ccc(-c5ccccc5)cc4)cc3Cl)cc2C1=O. The number of anilines is 1. The second-order valence-corrected chi connectivity index (χ2v) is 10.3. The Morgan fingerprint density at radius 3 is 2.15 bits per heavy atom. The van der Waals surface area contributed by atoms with E-state index >= 15 is 0 Å². The number of carbonyl (C=O) groups excluding carboxylic acids is 2. The maximum absolute atomic E-state index is 13.1. The van der Waals surface area contributed by atoms with Gasteiger partial charge in [0.15, 0.2) is 0 Å². The summed E-state index contributed by atoms with van der Waals surface area (Å²) in [5.41, 5.74) is 5.88. The summed E-state index contributed by atoms with van der Waals surface area (Å²) < 4.78 is 0. The molecular weight excluding hydrogens is 512 g/mol. The number of nitrogens with one attached hydrogen (secondary N) is 1. The molecule has 4 aromatic carbocycles. The number of aliphatic carboxylic acids is 1. The van der Waals surface area contributed by atoms with Gasteiger partial charge in [-0.25, -0.2) is 4.79 Å². The van der Waals surface area contributed by atoms with E-state index in [1.807, 2.05) is 54.6 Å². The zero-order valence-electron chi connectivity index (χ0n) is 21.5. The van der Waals surface area contributed by atoms with Crippen LogP contribution in [0.2, 0.25) is 5.02 Å². The van der Waals surface area contributed by atoms with Crippen molar-refractivity contribution in [2.75, 3.05) is 5.32 Å². The lowest BCUT2D eigenvalue weighted by Gasteiger charge is -2.27. The molecular formula is C32H27ClN2O4. The van der Waals surface area contributed by atoms with Gasteiger partial charge in [-0.1, -0.05) is 86.1 Å². The second kappa shape index (κ2) is 10.8. The number of benzene rings is 4. The van der Waals surface area contributed by atoms with E-state index in [0.29, 0.717) is 27.4 Å². The molecule has 1 atom stereocenters. The molecule has 39 heavy (non-hydrogen) atoms. The first-order chi connectivity index (χ1) is 18.7. The van der Waals surface area contributed by atoms with Crippen molar-refractivity contribution < 1.29 is 19.5 Å². The van der Waals surface area contributed by atoms with E-state index < -0.39 is 12.0 Å². The van der Waals surface area contributed by atoms with Crippen LogP contribution in [0.4, 0.5) is 5.69 Å². The van der Waals surface area contributed by atoms with Crippen molar-refractivity contribution in [2.45, 2.75) is 26.4 Å². The number of hydrogen-bond acceptors (Lipinski definition) is 3. The molecule has 0 radical (unpaired) electrons. The molecule has 0 bridgehead atoms. The van der Waals surface area contributed by atoms with Crippen molar-refractivity contribution in [1.82, 2.24) is 4.90 Å². The Kier molecular flexibility index (Phi) is 7.22. The summed E-state index contributed by atoms with van der Waals surface area (Å²) in [6.07, 6.45) is 0. The van der Waals surface area contributed by atoms with Gasteiger partial charge in [0.05, 0.1) is 5.02 Å². The van der Waals surface area contributed by atoms with Gasteiger partial charge in [-0.2, -0.15) is 0 Å². The maximum atomic E-state index is 13.1. The molecule has 0 fully saturated rings. The van der Waals surface area contributed by atoms with Crippen molar-refractivity contribution in [3.63, 3.8) is 0 Å². The summed E-state index contributed by atoms with van der Waals surface area (Å²) >= 11 is 6.61. The van der Waals surface area contributed by atoms with E-state index in [-0.39, 0.29) is 24.3 Å². The molecule has 2 N–H and O–H groups in total. The minimum absolute atomic E-state index is 0.223. The molecule has 1 aliphatic heterocycles. The van der Waals surface area contributed by atoms with E-state index in [2.05, 4.69) is 5.32 Å². The van der Waals surface area contributed by atoms with Crippen molar-refractivity contribution >= 4 is 35.1 Å². The van der Waals surface area contributed by atoms with Crippen molar-refractivity contribution in [1.29, 1.82) is 0 Å². The van der Waals surface area contributed by atoms with Crippen molar-refractivity contribution in [2.24, 2.45) is 5.92 Å². The third-order valence-corrected chi connectivity index (χ3v) is 7.27. The van der Waals surface area contributed by atoms with Crippen molar-refractivity contribution in [3.05, 3.63) is 113 Å². The number of amides is 2. The number of carboxylic acid groups (broad SMARTS) is 1. The number of carboxylic acids is 1. The first-order valence-corrected chi connectivity index (χ1v) is 13.0.